The van der Waals surface area contributed by atoms with Crippen molar-refractivity contribution in [2.24, 2.45) is 5.41 Å². The lowest BCUT2D eigenvalue weighted by Gasteiger charge is -2.39. The molecule has 21 heavy (non-hydrogen) atoms. The van der Waals surface area contributed by atoms with Crippen molar-refractivity contribution in [3.63, 3.8) is 0 Å². The summed E-state index contributed by atoms with van der Waals surface area (Å²) in [5.41, 5.74) is -0.221. The molecule has 2 fully saturated rings. The summed E-state index contributed by atoms with van der Waals surface area (Å²) in [5.74, 6) is -0.112. The van der Waals surface area contributed by atoms with E-state index in [1.54, 1.807) is 0 Å². The van der Waals surface area contributed by atoms with Crippen molar-refractivity contribution in [3.8, 4) is 0 Å². The molecule has 2 rings (SSSR count). The molecule has 0 aromatic heterocycles. The van der Waals surface area contributed by atoms with Crippen LogP contribution in [0, 0.1) is 5.41 Å². The van der Waals surface area contributed by atoms with Crippen LogP contribution in [0.5, 0.6) is 0 Å². The molecule has 122 valence electrons. The monoisotopic (exact) mass is 297 g/mol. The quantitative estimate of drug-likeness (QED) is 0.766. The van der Waals surface area contributed by atoms with Crippen molar-refractivity contribution in [1.29, 1.82) is 0 Å². The number of methoxy groups -OCH3 is 1. The highest BCUT2D eigenvalue weighted by Gasteiger charge is 2.46. The van der Waals surface area contributed by atoms with Gasteiger partial charge in [-0.15, -0.1) is 0 Å². The van der Waals surface area contributed by atoms with E-state index in [1.807, 2.05) is 0 Å². The molecule has 0 aromatic rings. The molecule has 0 radical (unpaired) electrons. The second-order valence-electron chi connectivity index (χ2n) is 7.89. The van der Waals surface area contributed by atoms with E-state index in [0.29, 0.717) is 11.5 Å². The molecule has 4 heteroatoms. The Balaban J connectivity index is 1.91. The molecule has 2 saturated carbocycles. The zero-order valence-corrected chi connectivity index (χ0v) is 14.0. The Morgan fingerprint density at radius 1 is 1.29 bits per heavy atom. The maximum absolute atomic E-state index is 12.3. The van der Waals surface area contributed by atoms with Gasteiger partial charge in [0.1, 0.15) is 5.54 Å². The predicted molar refractivity (Wildman–Crippen MR) is 83.2 cm³/mol. The Kier molecular flexibility index (Phi) is 5.31. The van der Waals surface area contributed by atoms with Gasteiger partial charge in [-0.3, -0.25) is 10.1 Å². The number of carbonyl (C=O) groups is 1. The zero-order valence-electron chi connectivity index (χ0n) is 14.0. The van der Waals surface area contributed by atoms with Crippen LogP contribution < -0.4 is 5.32 Å². The average Bonchev–Trinajstić information content (AvgIpc) is 3.20. The summed E-state index contributed by atoms with van der Waals surface area (Å²) >= 11 is 0. The van der Waals surface area contributed by atoms with Crippen LogP contribution in [0.25, 0.3) is 0 Å². The van der Waals surface area contributed by atoms with Gasteiger partial charge in [0, 0.05) is 19.1 Å². The second kappa shape index (κ2) is 6.66. The van der Waals surface area contributed by atoms with Gasteiger partial charge in [0.2, 0.25) is 0 Å². The van der Waals surface area contributed by atoms with E-state index in [1.165, 1.54) is 20.0 Å². The number of hydrogen-bond acceptors (Lipinski definition) is 4. The van der Waals surface area contributed by atoms with Crippen LogP contribution in [0.2, 0.25) is 0 Å². The first kappa shape index (κ1) is 16.8. The van der Waals surface area contributed by atoms with Gasteiger partial charge >= 0.3 is 5.97 Å². The van der Waals surface area contributed by atoms with Crippen molar-refractivity contribution in [3.05, 3.63) is 0 Å². The van der Waals surface area contributed by atoms with Crippen LogP contribution in [-0.2, 0) is 14.3 Å². The fourth-order valence-corrected chi connectivity index (χ4v) is 3.09. The third kappa shape index (κ3) is 4.96. The predicted octanol–water partition coefficient (Wildman–Crippen LogP) is 3.05. The summed E-state index contributed by atoms with van der Waals surface area (Å²) in [6.07, 6.45) is 7.26. The van der Waals surface area contributed by atoms with Gasteiger partial charge in [-0.05, 0) is 43.9 Å². The number of nitrogens with one attached hydrogen (secondary N) is 1. The van der Waals surface area contributed by atoms with Gasteiger partial charge in [0.05, 0.1) is 13.2 Å². The minimum absolute atomic E-state index is 0.112. The highest BCUT2D eigenvalue weighted by molar-refractivity contribution is 5.81. The van der Waals surface area contributed by atoms with Gasteiger partial charge in [-0.25, -0.2) is 0 Å². The SMILES string of the molecule is COC(=O)C1(NC2CC2)CCCC(OCCC(C)(C)C)C1. The van der Waals surface area contributed by atoms with Crippen LogP contribution in [0.15, 0.2) is 0 Å². The molecule has 2 unspecified atom stereocenters. The Labute approximate surface area is 129 Å². The van der Waals surface area contributed by atoms with E-state index in [2.05, 4.69) is 26.1 Å². The van der Waals surface area contributed by atoms with Gasteiger partial charge in [-0.1, -0.05) is 20.8 Å². The van der Waals surface area contributed by atoms with Crippen LogP contribution in [0.1, 0.15) is 65.7 Å². The molecule has 4 nitrogen and oxygen atoms in total. The molecule has 0 aliphatic heterocycles. The van der Waals surface area contributed by atoms with Gasteiger partial charge in [0.15, 0.2) is 0 Å². The summed E-state index contributed by atoms with van der Waals surface area (Å²) in [6.45, 7) is 7.45. The van der Waals surface area contributed by atoms with Crippen LogP contribution in [0.3, 0.4) is 0 Å². The molecule has 1 N–H and O–H groups in total. The Bertz CT molecular complexity index is 360. The van der Waals surface area contributed by atoms with Crippen molar-refractivity contribution in [2.75, 3.05) is 13.7 Å². The second-order valence-corrected chi connectivity index (χ2v) is 7.89. The molecule has 2 aliphatic carbocycles. The first-order valence-corrected chi connectivity index (χ1v) is 8.32. The van der Waals surface area contributed by atoms with E-state index in [4.69, 9.17) is 9.47 Å². The van der Waals surface area contributed by atoms with E-state index < -0.39 is 5.54 Å². The normalized spacial score (nSPS) is 30.2. The number of ether oxygens (including phenoxy) is 2. The smallest absolute Gasteiger partial charge is 0.326 e. The molecule has 0 amide bonds. The zero-order chi connectivity index (χ0) is 15.5. The van der Waals surface area contributed by atoms with E-state index >= 15 is 0 Å². The van der Waals surface area contributed by atoms with Crippen molar-refractivity contribution in [2.45, 2.75) is 83.4 Å². The van der Waals surface area contributed by atoms with Gasteiger partial charge in [0.25, 0.3) is 0 Å². The lowest BCUT2D eigenvalue weighted by Crippen LogP contribution is -2.57. The molecule has 0 saturated heterocycles. The number of hydrogen-bond donors (Lipinski definition) is 1. The Morgan fingerprint density at radius 3 is 2.57 bits per heavy atom. The highest BCUT2D eigenvalue weighted by Crippen LogP contribution is 2.35. The molecule has 0 bridgehead atoms. The number of rotatable bonds is 6. The fourth-order valence-electron chi connectivity index (χ4n) is 3.09. The van der Waals surface area contributed by atoms with E-state index in [-0.39, 0.29) is 12.1 Å². The van der Waals surface area contributed by atoms with Crippen LogP contribution >= 0.6 is 0 Å². The first-order chi connectivity index (χ1) is 9.85. The topological polar surface area (TPSA) is 47.6 Å². The standard InChI is InChI=1S/C17H31NO3/c1-16(2,3)10-11-21-14-6-5-9-17(12-14,15(19)20-4)18-13-7-8-13/h13-14,18H,5-12H2,1-4H3. The van der Waals surface area contributed by atoms with Crippen molar-refractivity contribution in [1.82, 2.24) is 5.32 Å². The summed E-state index contributed by atoms with van der Waals surface area (Å²) in [6, 6.07) is 0.498. The number of esters is 1. The Hall–Kier alpha value is -0.610. The summed E-state index contributed by atoms with van der Waals surface area (Å²) < 4.78 is 11.1. The molecule has 2 atom stereocenters. The van der Waals surface area contributed by atoms with Crippen molar-refractivity contribution < 1.29 is 14.3 Å². The molecule has 0 heterocycles. The molecule has 0 aromatic carbocycles. The van der Waals surface area contributed by atoms with Crippen molar-refractivity contribution >= 4 is 5.97 Å². The van der Waals surface area contributed by atoms with Crippen LogP contribution in [0.4, 0.5) is 0 Å². The van der Waals surface area contributed by atoms with E-state index in [9.17, 15) is 4.79 Å². The largest absolute Gasteiger partial charge is 0.468 e. The average molecular weight is 297 g/mol. The fraction of sp³-hybridized carbons (Fsp3) is 0.941. The molecule has 2 aliphatic rings. The van der Waals surface area contributed by atoms with Gasteiger partial charge in [-0.2, -0.15) is 0 Å². The molecular weight excluding hydrogens is 266 g/mol. The van der Waals surface area contributed by atoms with E-state index in [0.717, 1.165) is 38.7 Å². The lowest BCUT2D eigenvalue weighted by molar-refractivity contribution is -0.153. The minimum Gasteiger partial charge on any atom is -0.468 e. The summed E-state index contributed by atoms with van der Waals surface area (Å²) in [5, 5.41) is 3.54. The third-order valence-corrected chi connectivity index (χ3v) is 4.55. The Morgan fingerprint density at radius 2 is 2.00 bits per heavy atom. The minimum atomic E-state index is -0.513. The number of carbonyl (C=O) groups excluding carboxylic acids is 1. The first-order valence-electron chi connectivity index (χ1n) is 8.32. The summed E-state index contributed by atoms with van der Waals surface area (Å²) in [7, 11) is 1.49. The lowest BCUT2D eigenvalue weighted by atomic mass is 9.79. The molecule has 0 spiro atoms. The van der Waals surface area contributed by atoms with Gasteiger partial charge < -0.3 is 9.47 Å². The maximum Gasteiger partial charge on any atom is 0.326 e. The maximum atomic E-state index is 12.3. The summed E-state index contributed by atoms with van der Waals surface area (Å²) in [4.78, 5) is 12.3. The molecular formula is C17H31NO3. The highest BCUT2D eigenvalue weighted by atomic mass is 16.5. The van der Waals surface area contributed by atoms with Crippen LogP contribution in [-0.4, -0.2) is 37.4 Å². The third-order valence-electron chi connectivity index (χ3n) is 4.55.